The smallest absolute Gasteiger partial charge is 0.123 e. The molecule has 0 saturated carbocycles. The number of nitrogens with zero attached hydrogens (tertiary/aromatic N) is 1. The van der Waals surface area contributed by atoms with Gasteiger partial charge in [0.1, 0.15) is 5.82 Å². The zero-order chi connectivity index (χ0) is 10.4. The Morgan fingerprint density at radius 2 is 2.21 bits per heavy atom. The van der Waals surface area contributed by atoms with E-state index in [0.29, 0.717) is 5.82 Å². The normalized spacial score (nSPS) is 10.8. The van der Waals surface area contributed by atoms with Crippen molar-refractivity contribution >= 4 is 17.6 Å². The van der Waals surface area contributed by atoms with E-state index in [-0.39, 0.29) is 0 Å². The van der Waals surface area contributed by atoms with Crippen molar-refractivity contribution in [2.75, 3.05) is 11.5 Å². The van der Waals surface area contributed by atoms with Gasteiger partial charge in [-0.1, -0.05) is 19.9 Å². The molecule has 0 atom stereocenters. The van der Waals surface area contributed by atoms with Gasteiger partial charge in [-0.15, -0.1) is 0 Å². The van der Waals surface area contributed by atoms with Crippen LogP contribution in [0.2, 0.25) is 0 Å². The second kappa shape index (κ2) is 5.91. The Bertz CT molecular complexity index is 274. The molecule has 3 heteroatoms. The van der Waals surface area contributed by atoms with Gasteiger partial charge in [0.15, 0.2) is 0 Å². The van der Waals surface area contributed by atoms with Crippen LogP contribution in [0, 0.1) is 5.92 Å². The van der Waals surface area contributed by atoms with Gasteiger partial charge < -0.3 is 5.73 Å². The first kappa shape index (κ1) is 11.4. The standard InChI is InChI=1S/C11H18N2S/c1-9(2)6-7-14-8-10-4-3-5-11(12)13-10/h3-5,9H,6-8H2,1-2H3,(H2,12,13). The molecule has 0 aliphatic heterocycles. The first-order valence-electron chi connectivity index (χ1n) is 4.97. The van der Waals surface area contributed by atoms with Crippen molar-refractivity contribution in [1.82, 2.24) is 4.98 Å². The Morgan fingerprint density at radius 3 is 2.86 bits per heavy atom. The number of hydrogen-bond donors (Lipinski definition) is 1. The molecule has 1 rings (SSSR count). The molecule has 1 aromatic heterocycles. The Kier molecular flexibility index (Phi) is 4.80. The van der Waals surface area contributed by atoms with Crippen molar-refractivity contribution < 1.29 is 0 Å². The van der Waals surface area contributed by atoms with Gasteiger partial charge in [0, 0.05) is 5.75 Å². The highest BCUT2D eigenvalue weighted by atomic mass is 32.2. The number of anilines is 1. The summed E-state index contributed by atoms with van der Waals surface area (Å²) < 4.78 is 0. The quantitative estimate of drug-likeness (QED) is 0.759. The van der Waals surface area contributed by atoms with E-state index in [4.69, 9.17) is 5.73 Å². The van der Waals surface area contributed by atoms with Crippen molar-refractivity contribution in [2.24, 2.45) is 5.92 Å². The minimum absolute atomic E-state index is 0.618. The number of nitrogen functional groups attached to an aromatic ring is 1. The fraction of sp³-hybridized carbons (Fsp3) is 0.545. The molecule has 2 nitrogen and oxygen atoms in total. The molecule has 0 unspecified atom stereocenters. The van der Waals surface area contributed by atoms with Crippen LogP contribution in [0.15, 0.2) is 18.2 Å². The van der Waals surface area contributed by atoms with Crippen molar-refractivity contribution in [3.05, 3.63) is 23.9 Å². The predicted molar refractivity (Wildman–Crippen MR) is 64.3 cm³/mol. The monoisotopic (exact) mass is 210 g/mol. The van der Waals surface area contributed by atoms with E-state index >= 15 is 0 Å². The minimum atomic E-state index is 0.618. The van der Waals surface area contributed by atoms with Gasteiger partial charge in [0.05, 0.1) is 5.69 Å². The number of pyridine rings is 1. The largest absolute Gasteiger partial charge is 0.384 e. The summed E-state index contributed by atoms with van der Waals surface area (Å²) >= 11 is 1.93. The summed E-state index contributed by atoms with van der Waals surface area (Å²) in [5.41, 5.74) is 6.67. The highest BCUT2D eigenvalue weighted by molar-refractivity contribution is 7.98. The average molecular weight is 210 g/mol. The molecule has 1 heterocycles. The summed E-state index contributed by atoms with van der Waals surface area (Å²) in [5.74, 6) is 3.58. The topological polar surface area (TPSA) is 38.9 Å². The Morgan fingerprint density at radius 1 is 1.43 bits per heavy atom. The number of thioether (sulfide) groups is 1. The molecule has 2 N–H and O–H groups in total. The van der Waals surface area contributed by atoms with E-state index < -0.39 is 0 Å². The van der Waals surface area contributed by atoms with Crippen LogP contribution in [-0.4, -0.2) is 10.7 Å². The lowest BCUT2D eigenvalue weighted by Gasteiger charge is -2.04. The van der Waals surface area contributed by atoms with Gasteiger partial charge >= 0.3 is 0 Å². The molecular formula is C11H18N2S. The molecular weight excluding hydrogens is 192 g/mol. The van der Waals surface area contributed by atoms with Crippen molar-refractivity contribution in [1.29, 1.82) is 0 Å². The SMILES string of the molecule is CC(C)CCSCc1cccc(N)n1. The average Bonchev–Trinajstić information content (AvgIpc) is 2.12. The third-order valence-electron chi connectivity index (χ3n) is 1.92. The molecule has 0 fully saturated rings. The van der Waals surface area contributed by atoms with Crippen LogP contribution in [0.25, 0.3) is 0 Å². The first-order valence-corrected chi connectivity index (χ1v) is 6.13. The zero-order valence-corrected chi connectivity index (χ0v) is 9.68. The van der Waals surface area contributed by atoms with E-state index in [2.05, 4.69) is 18.8 Å². The van der Waals surface area contributed by atoms with Crippen molar-refractivity contribution in [3.8, 4) is 0 Å². The lowest BCUT2D eigenvalue weighted by molar-refractivity contribution is 0.632. The van der Waals surface area contributed by atoms with Crippen LogP contribution in [0.1, 0.15) is 26.0 Å². The lowest BCUT2D eigenvalue weighted by atomic mass is 10.2. The molecule has 0 aromatic carbocycles. The van der Waals surface area contributed by atoms with Crippen LogP contribution in [0.5, 0.6) is 0 Å². The maximum atomic E-state index is 5.59. The Hall–Kier alpha value is -0.700. The van der Waals surface area contributed by atoms with Crippen molar-refractivity contribution in [2.45, 2.75) is 26.0 Å². The maximum absolute atomic E-state index is 5.59. The van der Waals surface area contributed by atoms with Gasteiger partial charge in [-0.05, 0) is 30.2 Å². The van der Waals surface area contributed by atoms with Crippen LogP contribution in [0.4, 0.5) is 5.82 Å². The lowest BCUT2D eigenvalue weighted by Crippen LogP contribution is -1.95. The molecule has 0 spiro atoms. The molecule has 0 aliphatic carbocycles. The summed E-state index contributed by atoms with van der Waals surface area (Å²) in [6.07, 6.45) is 1.27. The fourth-order valence-electron chi connectivity index (χ4n) is 1.07. The van der Waals surface area contributed by atoms with Gasteiger partial charge in [0.25, 0.3) is 0 Å². The summed E-state index contributed by atoms with van der Waals surface area (Å²) in [6.45, 7) is 4.50. The molecule has 0 saturated heterocycles. The minimum Gasteiger partial charge on any atom is -0.384 e. The van der Waals surface area contributed by atoms with E-state index in [0.717, 1.165) is 17.4 Å². The van der Waals surface area contributed by atoms with Gasteiger partial charge in [-0.2, -0.15) is 11.8 Å². The second-order valence-electron chi connectivity index (χ2n) is 3.79. The number of aromatic nitrogens is 1. The highest BCUT2D eigenvalue weighted by Gasteiger charge is 1.97. The zero-order valence-electron chi connectivity index (χ0n) is 8.86. The van der Waals surface area contributed by atoms with Gasteiger partial charge in [0.2, 0.25) is 0 Å². The second-order valence-corrected chi connectivity index (χ2v) is 4.89. The van der Waals surface area contributed by atoms with E-state index in [9.17, 15) is 0 Å². The Labute approximate surface area is 90.3 Å². The summed E-state index contributed by atoms with van der Waals surface area (Å²) in [6, 6.07) is 5.81. The van der Waals surface area contributed by atoms with E-state index in [1.807, 2.05) is 30.0 Å². The van der Waals surface area contributed by atoms with E-state index in [1.54, 1.807) is 0 Å². The van der Waals surface area contributed by atoms with Crippen LogP contribution < -0.4 is 5.73 Å². The molecule has 14 heavy (non-hydrogen) atoms. The van der Waals surface area contributed by atoms with E-state index in [1.165, 1.54) is 12.2 Å². The number of nitrogens with two attached hydrogens (primary N) is 1. The van der Waals surface area contributed by atoms with Gasteiger partial charge in [-0.25, -0.2) is 4.98 Å². The highest BCUT2D eigenvalue weighted by Crippen LogP contribution is 2.14. The third-order valence-corrected chi connectivity index (χ3v) is 2.94. The summed E-state index contributed by atoms with van der Waals surface area (Å²) in [5, 5.41) is 0. The summed E-state index contributed by atoms with van der Waals surface area (Å²) in [7, 11) is 0. The molecule has 1 aromatic rings. The fourth-order valence-corrected chi connectivity index (χ4v) is 2.23. The molecule has 0 amide bonds. The molecule has 0 bridgehead atoms. The van der Waals surface area contributed by atoms with Crippen LogP contribution in [-0.2, 0) is 5.75 Å². The predicted octanol–water partition coefficient (Wildman–Crippen LogP) is 2.94. The van der Waals surface area contributed by atoms with Crippen LogP contribution in [0.3, 0.4) is 0 Å². The van der Waals surface area contributed by atoms with Gasteiger partial charge in [-0.3, -0.25) is 0 Å². The first-order chi connectivity index (χ1) is 6.68. The number of rotatable bonds is 5. The molecule has 0 radical (unpaired) electrons. The van der Waals surface area contributed by atoms with Crippen molar-refractivity contribution in [3.63, 3.8) is 0 Å². The third kappa shape index (κ3) is 4.51. The molecule has 0 aliphatic rings. The maximum Gasteiger partial charge on any atom is 0.123 e. The Balaban J connectivity index is 2.25. The summed E-state index contributed by atoms with van der Waals surface area (Å²) in [4.78, 5) is 4.25. The number of hydrogen-bond acceptors (Lipinski definition) is 3. The van der Waals surface area contributed by atoms with Crippen LogP contribution >= 0.6 is 11.8 Å². The molecule has 78 valence electrons.